The van der Waals surface area contributed by atoms with Crippen LogP contribution in [0.2, 0.25) is 0 Å². The van der Waals surface area contributed by atoms with Gasteiger partial charge in [-0.2, -0.15) is 4.52 Å². The highest BCUT2D eigenvalue weighted by molar-refractivity contribution is 5.88. The lowest BCUT2D eigenvalue weighted by Gasteiger charge is -2.09. The first-order valence-corrected chi connectivity index (χ1v) is 10.8. The fourth-order valence-corrected chi connectivity index (χ4v) is 3.15. The molecular weight excluding hydrogens is 452 g/mol. The van der Waals surface area contributed by atoms with Crippen LogP contribution in [0.5, 0.6) is 17.4 Å². The average Bonchev–Trinajstić information content (AvgIpc) is 3.29. The van der Waals surface area contributed by atoms with Crippen molar-refractivity contribution < 1.29 is 23.8 Å². The van der Waals surface area contributed by atoms with Crippen LogP contribution in [0.15, 0.2) is 60.7 Å². The molecule has 0 aliphatic heterocycles. The molecule has 0 aliphatic carbocycles. The molecule has 0 radical (unpaired) electrons. The molecule has 0 unspecified atom stereocenters. The van der Waals surface area contributed by atoms with E-state index in [1.54, 1.807) is 48.0 Å². The summed E-state index contributed by atoms with van der Waals surface area (Å²) in [7, 11) is 1.61. The van der Waals surface area contributed by atoms with E-state index < -0.39 is 0 Å². The number of nitrogens with zero attached hydrogens (tertiary/aromatic N) is 4. The lowest BCUT2D eigenvalue weighted by Crippen LogP contribution is -2.32. The van der Waals surface area contributed by atoms with Crippen molar-refractivity contribution in [3.63, 3.8) is 0 Å². The number of hydrogen-bond acceptors (Lipinski definition) is 8. The number of amides is 2. The highest BCUT2D eigenvalue weighted by Crippen LogP contribution is 2.22. The zero-order valence-corrected chi connectivity index (χ0v) is 19.2. The van der Waals surface area contributed by atoms with Crippen LogP contribution in [-0.2, 0) is 9.59 Å². The van der Waals surface area contributed by atoms with Crippen LogP contribution in [0.3, 0.4) is 0 Å². The van der Waals surface area contributed by atoms with Crippen LogP contribution in [0.25, 0.3) is 17.0 Å². The van der Waals surface area contributed by atoms with Crippen molar-refractivity contribution in [3.05, 3.63) is 60.7 Å². The Morgan fingerprint density at radius 2 is 1.66 bits per heavy atom. The summed E-state index contributed by atoms with van der Waals surface area (Å²) in [5, 5.41) is 18.2. The number of fused-ring (bicyclic) bond motifs is 1. The number of carbonyl (C=O) groups excluding carboxylic acids is 2. The van der Waals surface area contributed by atoms with Gasteiger partial charge in [-0.1, -0.05) is 0 Å². The fourth-order valence-electron chi connectivity index (χ4n) is 3.15. The normalized spacial score (nSPS) is 10.6. The number of aromatic nitrogens is 4. The second-order valence-electron chi connectivity index (χ2n) is 7.39. The molecule has 0 fully saturated rings. The van der Waals surface area contributed by atoms with Crippen LogP contribution in [0.4, 0.5) is 5.69 Å². The van der Waals surface area contributed by atoms with Crippen LogP contribution in [-0.4, -0.2) is 58.5 Å². The molecule has 2 amide bonds. The minimum atomic E-state index is -0.288. The van der Waals surface area contributed by atoms with Gasteiger partial charge in [0.1, 0.15) is 18.1 Å². The lowest BCUT2D eigenvalue weighted by molar-refractivity contribution is -0.123. The first-order chi connectivity index (χ1) is 17.0. The third-order valence-corrected chi connectivity index (χ3v) is 4.81. The van der Waals surface area contributed by atoms with Gasteiger partial charge in [-0.25, -0.2) is 0 Å². The van der Waals surface area contributed by atoms with Crippen LogP contribution < -0.4 is 24.8 Å². The number of hydrogen-bond donors (Lipinski definition) is 2. The highest BCUT2D eigenvalue weighted by Gasteiger charge is 2.11. The monoisotopic (exact) mass is 476 g/mol. The molecule has 2 heterocycles. The van der Waals surface area contributed by atoms with Crippen molar-refractivity contribution in [2.75, 3.05) is 32.2 Å². The van der Waals surface area contributed by atoms with Crippen molar-refractivity contribution in [2.24, 2.45) is 0 Å². The Balaban J connectivity index is 1.25. The van der Waals surface area contributed by atoms with E-state index in [-0.39, 0.29) is 31.6 Å². The minimum absolute atomic E-state index is 0.143. The third kappa shape index (κ3) is 6.22. The molecule has 2 N–H and O–H groups in total. The summed E-state index contributed by atoms with van der Waals surface area (Å²) in [5.74, 6) is 1.76. The Morgan fingerprint density at radius 1 is 0.914 bits per heavy atom. The molecule has 0 saturated carbocycles. The molecular formula is C24H24N6O5. The second-order valence-corrected chi connectivity index (χ2v) is 7.39. The van der Waals surface area contributed by atoms with E-state index in [2.05, 4.69) is 25.9 Å². The molecule has 0 aliphatic rings. The number of methoxy groups -OCH3 is 1. The van der Waals surface area contributed by atoms with E-state index in [4.69, 9.17) is 14.2 Å². The van der Waals surface area contributed by atoms with Gasteiger partial charge in [-0.3, -0.25) is 9.59 Å². The zero-order chi connectivity index (χ0) is 24.6. The molecule has 0 saturated heterocycles. The Bertz CT molecular complexity index is 1300. The van der Waals surface area contributed by atoms with E-state index in [0.717, 1.165) is 11.3 Å². The maximum atomic E-state index is 12.0. The second kappa shape index (κ2) is 11.0. The van der Waals surface area contributed by atoms with Gasteiger partial charge in [0.05, 0.1) is 13.7 Å². The lowest BCUT2D eigenvalue weighted by atomic mass is 10.2. The maximum Gasteiger partial charge on any atom is 0.258 e. The number of rotatable bonds is 10. The number of benzene rings is 2. The predicted molar refractivity (Wildman–Crippen MR) is 128 cm³/mol. The van der Waals surface area contributed by atoms with Gasteiger partial charge in [0.15, 0.2) is 18.1 Å². The Hall–Kier alpha value is -4.67. The number of ether oxygens (including phenoxy) is 3. The van der Waals surface area contributed by atoms with Gasteiger partial charge in [-0.05, 0) is 54.6 Å². The maximum absolute atomic E-state index is 12.0. The van der Waals surface area contributed by atoms with E-state index in [1.165, 1.54) is 6.92 Å². The highest BCUT2D eigenvalue weighted by atomic mass is 16.5. The summed E-state index contributed by atoms with van der Waals surface area (Å²) in [6.07, 6.45) is 0. The van der Waals surface area contributed by atoms with Gasteiger partial charge >= 0.3 is 0 Å². The SMILES string of the molecule is COc1ccc(-c2nnc3ccc(OCCNC(=O)COc4ccc(NC(C)=O)cc4)nn23)cc1. The minimum Gasteiger partial charge on any atom is -0.497 e. The smallest absolute Gasteiger partial charge is 0.258 e. The Labute approximate surface area is 201 Å². The molecule has 11 nitrogen and oxygen atoms in total. The first kappa shape index (κ1) is 23.5. The molecule has 180 valence electrons. The fraction of sp³-hybridized carbons (Fsp3) is 0.208. The van der Waals surface area contributed by atoms with Crippen LogP contribution in [0, 0.1) is 0 Å². The summed E-state index contributed by atoms with van der Waals surface area (Å²) in [6, 6.07) is 17.6. The molecule has 0 spiro atoms. The van der Waals surface area contributed by atoms with Crippen molar-refractivity contribution in [2.45, 2.75) is 6.92 Å². The molecule has 0 atom stereocenters. The van der Waals surface area contributed by atoms with Gasteiger partial charge in [0, 0.05) is 24.2 Å². The van der Waals surface area contributed by atoms with Gasteiger partial charge in [0.2, 0.25) is 11.8 Å². The number of carbonyl (C=O) groups is 2. The van der Waals surface area contributed by atoms with Gasteiger partial charge < -0.3 is 24.8 Å². The number of anilines is 1. The Morgan fingerprint density at radius 3 is 2.37 bits per heavy atom. The van der Waals surface area contributed by atoms with E-state index in [0.29, 0.717) is 28.8 Å². The van der Waals surface area contributed by atoms with Crippen molar-refractivity contribution in [1.29, 1.82) is 0 Å². The summed E-state index contributed by atoms with van der Waals surface area (Å²) < 4.78 is 17.9. The molecule has 11 heteroatoms. The topological polar surface area (TPSA) is 129 Å². The summed E-state index contributed by atoms with van der Waals surface area (Å²) in [6.45, 7) is 1.78. The van der Waals surface area contributed by atoms with Crippen molar-refractivity contribution in [1.82, 2.24) is 25.1 Å². The first-order valence-electron chi connectivity index (χ1n) is 10.8. The summed E-state index contributed by atoms with van der Waals surface area (Å²) >= 11 is 0. The van der Waals surface area contributed by atoms with Crippen molar-refractivity contribution >= 4 is 23.1 Å². The predicted octanol–water partition coefficient (Wildman–Crippen LogP) is 2.33. The van der Waals surface area contributed by atoms with Crippen molar-refractivity contribution in [3.8, 4) is 28.8 Å². The average molecular weight is 476 g/mol. The van der Waals surface area contributed by atoms with E-state index >= 15 is 0 Å². The molecule has 35 heavy (non-hydrogen) atoms. The van der Waals surface area contributed by atoms with Gasteiger partial charge in [0.25, 0.3) is 5.91 Å². The quantitative estimate of drug-likeness (QED) is 0.334. The zero-order valence-electron chi connectivity index (χ0n) is 19.2. The summed E-state index contributed by atoms with van der Waals surface area (Å²) in [5.41, 5.74) is 2.07. The molecule has 4 aromatic rings. The molecule has 4 rings (SSSR count). The van der Waals surface area contributed by atoms with E-state index in [9.17, 15) is 9.59 Å². The largest absolute Gasteiger partial charge is 0.497 e. The van der Waals surface area contributed by atoms with Gasteiger partial charge in [-0.15, -0.1) is 15.3 Å². The molecule has 2 aromatic carbocycles. The molecule has 2 aromatic heterocycles. The Kier molecular flexibility index (Phi) is 7.36. The van der Waals surface area contributed by atoms with Crippen LogP contribution in [0.1, 0.15) is 6.92 Å². The van der Waals surface area contributed by atoms with E-state index in [1.807, 2.05) is 24.3 Å². The summed E-state index contributed by atoms with van der Waals surface area (Å²) in [4.78, 5) is 23.1. The standard InChI is InChI=1S/C24H24N6O5/c1-16(31)26-18-5-9-20(10-6-18)35-15-22(32)25-13-14-34-23-12-11-21-27-28-24(30(21)29-23)17-3-7-19(33-2)8-4-17/h3-12H,13-15H2,1-2H3,(H,25,32)(H,26,31). The number of nitrogens with one attached hydrogen (secondary N) is 2. The third-order valence-electron chi connectivity index (χ3n) is 4.81. The van der Waals surface area contributed by atoms with Crippen LogP contribution >= 0.6 is 0 Å². The molecule has 0 bridgehead atoms.